The van der Waals surface area contributed by atoms with Crippen LogP contribution >= 0.6 is 0 Å². The Hall–Kier alpha value is -3.07. The number of carbonyl (C=O) groups is 2. The lowest BCUT2D eigenvalue weighted by atomic mass is 10.1. The van der Waals surface area contributed by atoms with Crippen LogP contribution in [-0.2, 0) is 11.3 Å². The van der Waals surface area contributed by atoms with Gasteiger partial charge in [-0.3, -0.25) is 14.5 Å². The number of carbonyl (C=O) groups excluding carboxylic acids is 2. The summed E-state index contributed by atoms with van der Waals surface area (Å²) in [5.41, 5.74) is 1.02. The Morgan fingerprint density at radius 3 is 2.87 bits per heavy atom. The van der Waals surface area contributed by atoms with E-state index in [4.69, 9.17) is 4.74 Å². The molecule has 31 heavy (non-hydrogen) atoms. The number of halogens is 1. The summed E-state index contributed by atoms with van der Waals surface area (Å²) in [6, 6.07) is 5.82. The molecule has 0 spiro atoms. The maximum absolute atomic E-state index is 13.8. The third-order valence-electron chi connectivity index (χ3n) is 5.74. The first-order valence-electron chi connectivity index (χ1n) is 10.5. The Kier molecular flexibility index (Phi) is 6.41. The predicted molar refractivity (Wildman–Crippen MR) is 111 cm³/mol. The highest BCUT2D eigenvalue weighted by Crippen LogP contribution is 2.28. The molecular formula is C22H26FN5O3. The zero-order valence-corrected chi connectivity index (χ0v) is 17.4. The van der Waals surface area contributed by atoms with Gasteiger partial charge in [-0.05, 0) is 44.0 Å². The lowest BCUT2D eigenvalue weighted by molar-refractivity contribution is -0.122. The summed E-state index contributed by atoms with van der Waals surface area (Å²) in [7, 11) is 0. The van der Waals surface area contributed by atoms with Gasteiger partial charge in [-0.1, -0.05) is 0 Å². The summed E-state index contributed by atoms with van der Waals surface area (Å²) in [6.45, 7) is 3.29. The Morgan fingerprint density at radius 1 is 1.19 bits per heavy atom. The van der Waals surface area contributed by atoms with E-state index in [2.05, 4.69) is 25.5 Å². The van der Waals surface area contributed by atoms with E-state index in [1.165, 1.54) is 18.2 Å². The molecule has 0 aliphatic carbocycles. The van der Waals surface area contributed by atoms with E-state index in [-0.39, 0.29) is 36.1 Å². The van der Waals surface area contributed by atoms with Crippen molar-refractivity contribution in [3.05, 3.63) is 53.4 Å². The highest BCUT2D eigenvalue weighted by Gasteiger charge is 2.35. The average molecular weight is 427 g/mol. The Labute approximate surface area is 180 Å². The molecule has 0 radical (unpaired) electrons. The second-order valence-corrected chi connectivity index (χ2v) is 7.91. The van der Waals surface area contributed by atoms with E-state index < -0.39 is 5.82 Å². The molecule has 1 aromatic carbocycles. The van der Waals surface area contributed by atoms with Crippen molar-refractivity contribution in [1.29, 1.82) is 0 Å². The van der Waals surface area contributed by atoms with Gasteiger partial charge in [-0.25, -0.2) is 14.4 Å². The molecule has 1 saturated heterocycles. The SMILES string of the molecule is Cc1nccc(CN2[C@@H]3CC[C@H]2CC(=O)NCCOc2ccc(F)cc2C(=O)NC3)n1. The van der Waals surface area contributed by atoms with E-state index >= 15 is 0 Å². The molecule has 9 heteroatoms. The van der Waals surface area contributed by atoms with Crippen LogP contribution in [0.2, 0.25) is 0 Å². The van der Waals surface area contributed by atoms with Crippen LogP contribution in [0.5, 0.6) is 5.75 Å². The van der Waals surface area contributed by atoms with Crippen molar-refractivity contribution >= 4 is 11.8 Å². The van der Waals surface area contributed by atoms with Gasteiger partial charge in [0.25, 0.3) is 5.91 Å². The van der Waals surface area contributed by atoms with Crippen molar-refractivity contribution in [1.82, 2.24) is 25.5 Å². The van der Waals surface area contributed by atoms with Crippen molar-refractivity contribution < 1.29 is 18.7 Å². The lowest BCUT2D eigenvalue weighted by Gasteiger charge is -2.30. The van der Waals surface area contributed by atoms with Crippen LogP contribution in [0.1, 0.15) is 41.1 Å². The van der Waals surface area contributed by atoms with Crippen LogP contribution in [0, 0.1) is 12.7 Å². The molecule has 1 fully saturated rings. The number of ether oxygens (including phenoxy) is 1. The molecule has 2 amide bonds. The summed E-state index contributed by atoms with van der Waals surface area (Å²) < 4.78 is 19.4. The molecular weight excluding hydrogens is 401 g/mol. The van der Waals surface area contributed by atoms with E-state index in [0.29, 0.717) is 37.6 Å². The number of rotatable bonds is 2. The third-order valence-corrected chi connectivity index (χ3v) is 5.74. The quantitative estimate of drug-likeness (QED) is 0.756. The number of fused-ring (bicyclic) bond motifs is 3. The summed E-state index contributed by atoms with van der Waals surface area (Å²) in [5.74, 6) is 0.0588. The minimum absolute atomic E-state index is 0.0397. The molecule has 164 valence electrons. The second-order valence-electron chi connectivity index (χ2n) is 7.91. The maximum atomic E-state index is 13.8. The minimum Gasteiger partial charge on any atom is -0.491 e. The number of aromatic nitrogens is 2. The number of nitrogens with zero attached hydrogens (tertiary/aromatic N) is 3. The van der Waals surface area contributed by atoms with E-state index in [0.717, 1.165) is 18.5 Å². The molecule has 2 N–H and O–H groups in total. The highest BCUT2D eigenvalue weighted by molar-refractivity contribution is 5.97. The zero-order chi connectivity index (χ0) is 21.8. The Morgan fingerprint density at radius 2 is 2.03 bits per heavy atom. The molecule has 2 aromatic rings. The van der Waals surface area contributed by atoms with E-state index in [1.807, 2.05) is 13.0 Å². The highest BCUT2D eigenvalue weighted by atomic mass is 19.1. The number of benzene rings is 1. The summed E-state index contributed by atoms with van der Waals surface area (Å²) in [6.07, 6.45) is 3.79. The normalized spacial score (nSPS) is 22.6. The van der Waals surface area contributed by atoms with Gasteiger partial charge >= 0.3 is 0 Å². The van der Waals surface area contributed by atoms with Gasteiger partial charge in [0.2, 0.25) is 5.91 Å². The van der Waals surface area contributed by atoms with Crippen molar-refractivity contribution in [3.8, 4) is 5.75 Å². The Bertz CT molecular complexity index is 970. The van der Waals surface area contributed by atoms with Crippen molar-refractivity contribution in [2.45, 2.75) is 44.8 Å². The van der Waals surface area contributed by atoms with Gasteiger partial charge in [0.1, 0.15) is 24.0 Å². The fourth-order valence-electron chi connectivity index (χ4n) is 4.24. The minimum atomic E-state index is -0.506. The smallest absolute Gasteiger partial charge is 0.255 e. The van der Waals surface area contributed by atoms with Crippen LogP contribution < -0.4 is 15.4 Å². The molecule has 8 nitrogen and oxygen atoms in total. The molecule has 0 saturated carbocycles. The van der Waals surface area contributed by atoms with Crippen molar-refractivity contribution in [3.63, 3.8) is 0 Å². The number of hydrogen-bond acceptors (Lipinski definition) is 6. The van der Waals surface area contributed by atoms with Gasteiger partial charge in [0.15, 0.2) is 0 Å². The van der Waals surface area contributed by atoms with Crippen molar-refractivity contribution in [2.75, 3.05) is 19.7 Å². The van der Waals surface area contributed by atoms with Crippen LogP contribution in [0.4, 0.5) is 4.39 Å². The molecule has 2 aliphatic heterocycles. The van der Waals surface area contributed by atoms with Crippen LogP contribution in [0.15, 0.2) is 30.5 Å². The predicted octanol–water partition coefficient (Wildman–Crippen LogP) is 1.59. The summed E-state index contributed by atoms with van der Waals surface area (Å²) >= 11 is 0. The van der Waals surface area contributed by atoms with E-state index in [9.17, 15) is 14.0 Å². The molecule has 1 aromatic heterocycles. The van der Waals surface area contributed by atoms with Gasteiger partial charge in [-0.15, -0.1) is 0 Å². The van der Waals surface area contributed by atoms with Gasteiger partial charge < -0.3 is 15.4 Å². The third kappa shape index (κ3) is 5.16. The summed E-state index contributed by atoms with van der Waals surface area (Å²) in [4.78, 5) is 36.2. The maximum Gasteiger partial charge on any atom is 0.255 e. The fourth-order valence-corrected chi connectivity index (χ4v) is 4.24. The first-order chi connectivity index (χ1) is 15.0. The van der Waals surface area contributed by atoms with Crippen LogP contribution in [0.3, 0.4) is 0 Å². The monoisotopic (exact) mass is 427 g/mol. The number of aryl methyl sites for hydroxylation is 1. The standard InChI is InChI=1S/C22H26FN5O3/c1-14-24-7-6-16(27-14)13-28-17-3-4-18(28)12-26-22(30)19-10-15(23)2-5-20(19)31-9-8-25-21(29)11-17/h2,5-7,10,17-18H,3-4,8-9,11-13H2,1H3,(H,25,29)(H,26,30)/t17-,18+/m0/s1. The first kappa shape index (κ1) is 21.2. The average Bonchev–Trinajstić information content (AvgIpc) is 3.10. The number of hydrogen-bond donors (Lipinski definition) is 2. The van der Waals surface area contributed by atoms with Gasteiger partial charge in [-0.2, -0.15) is 0 Å². The molecule has 2 bridgehead atoms. The summed E-state index contributed by atoms with van der Waals surface area (Å²) in [5, 5.41) is 5.80. The number of nitrogens with one attached hydrogen (secondary N) is 2. The Balaban J connectivity index is 1.58. The van der Waals surface area contributed by atoms with Crippen LogP contribution in [0.25, 0.3) is 0 Å². The topological polar surface area (TPSA) is 96.5 Å². The molecule has 3 heterocycles. The lowest BCUT2D eigenvalue weighted by Crippen LogP contribution is -2.45. The second kappa shape index (κ2) is 9.38. The first-order valence-corrected chi connectivity index (χ1v) is 10.5. The van der Waals surface area contributed by atoms with Crippen LogP contribution in [-0.4, -0.2) is 58.5 Å². The zero-order valence-electron chi connectivity index (χ0n) is 17.4. The molecule has 0 unspecified atom stereocenters. The molecule has 2 aliphatic rings. The number of amides is 2. The fraction of sp³-hybridized carbons (Fsp3) is 0.455. The van der Waals surface area contributed by atoms with Crippen molar-refractivity contribution in [2.24, 2.45) is 0 Å². The van der Waals surface area contributed by atoms with Gasteiger partial charge in [0.05, 0.1) is 17.8 Å². The molecule has 4 rings (SSSR count). The van der Waals surface area contributed by atoms with E-state index in [1.54, 1.807) is 6.20 Å². The van der Waals surface area contributed by atoms with Gasteiger partial charge in [0, 0.05) is 37.8 Å². The largest absolute Gasteiger partial charge is 0.491 e. The molecule has 2 atom stereocenters.